The fourth-order valence-electron chi connectivity index (χ4n) is 3.61. The Balaban J connectivity index is 1.74. The van der Waals surface area contributed by atoms with Crippen molar-refractivity contribution < 1.29 is 23.1 Å². The zero-order valence-electron chi connectivity index (χ0n) is 17.4. The van der Waals surface area contributed by atoms with Gasteiger partial charge < -0.3 is 10.4 Å². The molecule has 32 heavy (non-hydrogen) atoms. The summed E-state index contributed by atoms with van der Waals surface area (Å²) in [5.41, 5.74) is 2.59. The van der Waals surface area contributed by atoms with Crippen LogP contribution in [0.5, 0.6) is 0 Å². The van der Waals surface area contributed by atoms with E-state index in [9.17, 15) is 23.1 Å². The van der Waals surface area contributed by atoms with Crippen LogP contribution in [-0.2, 0) is 19.6 Å². The fraction of sp³-hybridized carbons (Fsp3) is 0.273. The van der Waals surface area contributed by atoms with Crippen molar-refractivity contribution in [2.75, 3.05) is 10.0 Å². The Hall–Kier alpha value is -2.55. The number of hydrogen-bond donors (Lipinski definition) is 3. The number of halogens is 2. The summed E-state index contributed by atoms with van der Waals surface area (Å²) < 4.78 is 27.7. The maximum absolute atomic E-state index is 12.8. The van der Waals surface area contributed by atoms with E-state index >= 15 is 0 Å². The lowest BCUT2D eigenvalue weighted by Gasteiger charge is -2.29. The van der Waals surface area contributed by atoms with Crippen LogP contribution in [0.15, 0.2) is 58.5 Å². The first-order valence-electron chi connectivity index (χ1n) is 9.74. The standard InChI is InChI=1S/C22H22Cl2N2O5S/c1-12-7-19(20(22(28)29)8-13(12)2)21(27)25-16-3-5-18(6-4-16)32(30,31)26-17-10-14(23)9-15(24)11-17/h3-6,9-11,19-20,26H,7-8H2,1-2H3,(H,25,27)(H,28,29)/t19-,20-/m1/s1. The van der Waals surface area contributed by atoms with Gasteiger partial charge in [0.15, 0.2) is 0 Å². The Kier molecular flexibility index (Phi) is 7.17. The molecule has 0 aromatic heterocycles. The first-order valence-corrected chi connectivity index (χ1v) is 12.0. The molecule has 0 aliphatic heterocycles. The molecule has 7 nitrogen and oxygen atoms in total. The third-order valence-corrected chi connectivity index (χ3v) is 7.30. The smallest absolute Gasteiger partial charge is 0.307 e. The lowest BCUT2D eigenvalue weighted by atomic mass is 9.76. The van der Waals surface area contributed by atoms with Gasteiger partial charge in [0.1, 0.15) is 0 Å². The lowest BCUT2D eigenvalue weighted by molar-refractivity contribution is -0.146. The highest BCUT2D eigenvalue weighted by Crippen LogP contribution is 2.35. The van der Waals surface area contributed by atoms with Gasteiger partial charge in [0.25, 0.3) is 10.0 Å². The van der Waals surface area contributed by atoms with E-state index in [0.29, 0.717) is 18.5 Å². The molecule has 10 heteroatoms. The van der Waals surface area contributed by atoms with Crippen LogP contribution in [0, 0.1) is 11.8 Å². The van der Waals surface area contributed by atoms with Gasteiger partial charge in [0, 0.05) is 15.7 Å². The molecule has 0 radical (unpaired) electrons. The first-order chi connectivity index (χ1) is 15.0. The Morgan fingerprint density at radius 3 is 1.97 bits per heavy atom. The van der Waals surface area contributed by atoms with Gasteiger partial charge in [-0.05, 0) is 69.2 Å². The number of aliphatic carboxylic acids is 1. The minimum atomic E-state index is -3.91. The molecule has 0 fully saturated rings. The van der Waals surface area contributed by atoms with Crippen LogP contribution in [0.1, 0.15) is 26.7 Å². The predicted molar refractivity (Wildman–Crippen MR) is 125 cm³/mol. The molecule has 0 spiro atoms. The molecule has 2 aromatic rings. The second kappa shape index (κ2) is 9.52. The van der Waals surface area contributed by atoms with E-state index < -0.39 is 33.7 Å². The number of carbonyl (C=O) groups is 2. The van der Waals surface area contributed by atoms with Gasteiger partial charge in [-0.3, -0.25) is 14.3 Å². The molecule has 3 rings (SSSR count). The normalized spacial score (nSPS) is 18.9. The van der Waals surface area contributed by atoms with E-state index in [0.717, 1.165) is 11.1 Å². The molecular weight excluding hydrogens is 475 g/mol. The summed E-state index contributed by atoms with van der Waals surface area (Å²) in [6.07, 6.45) is 0.697. The van der Waals surface area contributed by atoms with Gasteiger partial charge in [-0.25, -0.2) is 8.42 Å². The average molecular weight is 497 g/mol. The summed E-state index contributed by atoms with van der Waals surface area (Å²) >= 11 is 11.8. The summed E-state index contributed by atoms with van der Waals surface area (Å²) in [5.74, 6) is -2.92. The third-order valence-electron chi connectivity index (χ3n) is 5.47. The van der Waals surface area contributed by atoms with Crippen molar-refractivity contribution in [3.63, 3.8) is 0 Å². The molecule has 170 valence electrons. The quantitative estimate of drug-likeness (QED) is 0.476. The van der Waals surface area contributed by atoms with Crippen LogP contribution in [0.4, 0.5) is 11.4 Å². The van der Waals surface area contributed by atoms with Crippen molar-refractivity contribution in [2.45, 2.75) is 31.6 Å². The number of carbonyl (C=O) groups excluding carboxylic acids is 1. The SMILES string of the molecule is CC1=C(C)C[C@@H](C(=O)Nc2ccc(S(=O)(=O)Nc3cc(Cl)cc(Cl)c3)cc2)[C@H](C(=O)O)C1. The van der Waals surface area contributed by atoms with Crippen LogP contribution in [0.2, 0.25) is 10.0 Å². The molecule has 0 bridgehead atoms. The number of sulfonamides is 1. The maximum atomic E-state index is 12.8. The monoisotopic (exact) mass is 496 g/mol. The molecule has 0 heterocycles. The number of allylic oxidation sites excluding steroid dienone is 2. The van der Waals surface area contributed by atoms with Crippen molar-refractivity contribution in [1.82, 2.24) is 0 Å². The van der Waals surface area contributed by atoms with E-state index in [-0.39, 0.29) is 20.6 Å². The van der Waals surface area contributed by atoms with Crippen LogP contribution in [0.3, 0.4) is 0 Å². The number of amides is 1. The zero-order chi connectivity index (χ0) is 23.6. The molecule has 1 aliphatic rings. The molecule has 3 N–H and O–H groups in total. The Morgan fingerprint density at radius 2 is 1.44 bits per heavy atom. The minimum Gasteiger partial charge on any atom is -0.481 e. The van der Waals surface area contributed by atoms with Crippen LogP contribution in [-0.4, -0.2) is 25.4 Å². The molecule has 0 saturated carbocycles. The van der Waals surface area contributed by atoms with Crippen LogP contribution in [0.25, 0.3) is 0 Å². The summed E-state index contributed by atoms with van der Waals surface area (Å²) in [6, 6.07) is 9.93. The second-order valence-electron chi connectivity index (χ2n) is 7.80. The van der Waals surface area contributed by atoms with E-state index in [1.165, 1.54) is 42.5 Å². The summed E-state index contributed by atoms with van der Waals surface area (Å²) in [4.78, 5) is 24.4. The zero-order valence-corrected chi connectivity index (χ0v) is 19.7. The predicted octanol–water partition coefficient (Wildman–Crippen LogP) is 5.18. The summed E-state index contributed by atoms with van der Waals surface area (Å²) in [5, 5.41) is 12.8. The number of benzene rings is 2. The van der Waals surface area contributed by atoms with Gasteiger partial charge in [-0.15, -0.1) is 0 Å². The lowest BCUT2D eigenvalue weighted by Crippen LogP contribution is -2.36. The van der Waals surface area contributed by atoms with E-state index in [1.807, 2.05) is 13.8 Å². The maximum Gasteiger partial charge on any atom is 0.307 e. The van der Waals surface area contributed by atoms with Gasteiger partial charge in [0.05, 0.1) is 22.4 Å². The van der Waals surface area contributed by atoms with Crippen LogP contribution < -0.4 is 10.0 Å². The van der Waals surface area contributed by atoms with E-state index in [2.05, 4.69) is 10.0 Å². The second-order valence-corrected chi connectivity index (χ2v) is 10.4. The summed E-state index contributed by atoms with van der Waals surface area (Å²) in [6.45, 7) is 3.78. The molecule has 1 aliphatic carbocycles. The van der Waals surface area contributed by atoms with Crippen molar-refractivity contribution in [2.24, 2.45) is 11.8 Å². The van der Waals surface area contributed by atoms with Crippen molar-refractivity contribution in [3.8, 4) is 0 Å². The number of carboxylic acid groups (broad SMARTS) is 1. The summed E-state index contributed by atoms with van der Waals surface area (Å²) in [7, 11) is -3.91. The molecule has 0 saturated heterocycles. The number of nitrogens with one attached hydrogen (secondary N) is 2. The topological polar surface area (TPSA) is 113 Å². The highest BCUT2D eigenvalue weighted by molar-refractivity contribution is 7.92. The number of carboxylic acids is 1. The van der Waals surface area contributed by atoms with Crippen molar-refractivity contribution in [3.05, 3.63) is 63.7 Å². The fourth-order valence-corrected chi connectivity index (χ4v) is 5.17. The van der Waals surface area contributed by atoms with Crippen LogP contribution >= 0.6 is 23.2 Å². The Bertz CT molecular complexity index is 1170. The number of anilines is 2. The number of rotatable bonds is 6. The average Bonchev–Trinajstić information content (AvgIpc) is 2.68. The molecular formula is C22H22Cl2N2O5S. The third kappa shape index (κ3) is 5.62. The highest BCUT2D eigenvalue weighted by atomic mass is 35.5. The minimum absolute atomic E-state index is 0.0259. The van der Waals surface area contributed by atoms with Crippen molar-refractivity contribution in [1.29, 1.82) is 0 Å². The van der Waals surface area contributed by atoms with Gasteiger partial charge in [-0.2, -0.15) is 0 Å². The molecule has 2 atom stereocenters. The van der Waals surface area contributed by atoms with E-state index in [1.54, 1.807) is 0 Å². The van der Waals surface area contributed by atoms with Gasteiger partial charge >= 0.3 is 5.97 Å². The highest BCUT2D eigenvalue weighted by Gasteiger charge is 2.37. The van der Waals surface area contributed by atoms with E-state index in [4.69, 9.17) is 23.2 Å². The molecule has 2 aromatic carbocycles. The van der Waals surface area contributed by atoms with Crippen molar-refractivity contribution >= 4 is 56.5 Å². The molecule has 0 unspecified atom stereocenters. The van der Waals surface area contributed by atoms with Gasteiger partial charge in [-0.1, -0.05) is 34.3 Å². The largest absolute Gasteiger partial charge is 0.481 e. The Morgan fingerprint density at radius 1 is 0.906 bits per heavy atom. The number of hydrogen-bond acceptors (Lipinski definition) is 4. The Labute approximate surface area is 196 Å². The first kappa shape index (κ1) is 24.1. The van der Waals surface area contributed by atoms with Gasteiger partial charge in [0.2, 0.25) is 5.91 Å². The molecule has 1 amide bonds.